The summed E-state index contributed by atoms with van der Waals surface area (Å²) in [5, 5.41) is 9.56. The van der Waals surface area contributed by atoms with Crippen molar-refractivity contribution in [3.8, 4) is 5.75 Å². The Hall–Kier alpha value is -1.55. The Morgan fingerprint density at radius 1 is 1.26 bits per heavy atom. The smallest absolute Gasteiger partial charge is 0.222 e. The van der Waals surface area contributed by atoms with Crippen LogP contribution in [-0.4, -0.2) is 42.7 Å². The number of aliphatic hydroxyl groups is 1. The second-order valence-corrected chi connectivity index (χ2v) is 6.59. The molecule has 0 unspecified atom stereocenters. The monoisotopic (exact) mass is 319 g/mol. The van der Waals surface area contributed by atoms with Crippen LogP contribution in [0.4, 0.5) is 0 Å². The average Bonchev–Trinajstić information content (AvgIpc) is 2.62. The van der Waals surface area contributed by atoms with Crippen molar-refractivity contribution < 1.29 is 14.6 Å². The van der Waals surface area contributed by atoms with Crippen molar-refractivity contribution in [2.45, 2.75) is 45.4 Å². The molecule has 0 spiro atoms. The van der Waals surface area contributed by atoms with E-state index in [1.807, 2.05) is 17.0 Å². The van der Waals surface area contributed by atoms with E-state index in [0.717, 1.165) is 50.9 Å². The molecule has 1 aliphatic rings. The first-order chi connectivity index (χ1) is 11.1. The zero-order valence-corrected chi connectivity index (χ0v) is 14.4. The number of methoxy groups -OCH3 is 1. The number of aryl methyl sites for hydroxylation is 1. The van der Waals surface area contributed by atoms with Crippen LogP contribution in [0.25, 0.3) is 0 Å². The van der Waals surface area contributed by atoms with Crippen molar-refractivity contribution in [1.82, 2.24) is 4.90 Å². The molecule has 2 rings (SSSR count). The van der Waals surface area contributed by atoms with E-state index < -0.39 is 0 Å². The van der Waals surface area contributed by atoms with Gasteiger partial charge in [0, 0.05) is 26.1 Å². The number of nitrogens with zero attached hydrogens (tertiary/aromatic N) is 1. The summed E-state index contributed by atoms with van der Waals surface area (Å²) in [6, 6.07) is 8.03. The predicted octanol–water partition coefficient (Wildman–Crippen LogP) is 3.03. The van der Waals surface area contributed by atoms with Gasteiger partial charge < -0.3 is 14.7 Å². The summed E-state index contributed by atoms with van der Waals surface area (Å²) in [4.78, 5) is 14.3. The van der Waals surface area contributed by atoms with Gasteiger partial charge >= 0.3 is 0 Å². The van der Waals surface area contributed by atoms with Gasteiger partial charge in [0.1, 0.15) is 5.75 Å². The second-order valence-electron chi connectivity index (χ2n) is 6.59. The number of benzene rings is 1. The number of piperidine rings is 1. The molecular weight excluding hydrogens is 290 g/mol. The average molecular weight is 319 g/mol. The number of aliphatic hydroxyl groups excluding tert-OH is 1. The third-order valence-electron chi connectivity index (χ3n) is 5.28. The number of likely N-dealkylation sites (tertiary alicyclic amines) is 1. The van der Waals surface area contributed by atoms with Gasteiger partial charge in [-0.3, -0.25) is 4.79 Å². The Labute approximate surface area is 139 Å². The Kier molecular flexibility index (Phi) is 6.46. The minimum Gasteiger partial charge on any atom is -0.497 e. The van der Waals surface area contributed by atoms with Crippen LogP contribution in [0.3, 0.4) is 0 Å². The summed E-state index contributed by atoms with van der Waals surface area (Å²) in [7, 11) is 1.66. The van der Waals surface area contributed by atoms with Gasteiger partial charge in [-0.2, -0.15) is 0 Å². The van der Waals surface area contributed by atoms with Crippen molar-refractivity contribution in [3.05, 3.63) is 29.8 Å². The minimum absolute atomic E-state index is 0.0415. The molecule has 0 aliphatic carbocycles. The molecule has 0 aromatic heterocycles. The van der Waals surface area contributed by atoms with E-state index in [9.17, 15) is 9.90 Å². The van der Waals surface area contributed by atoms with Gasteiger partial charge in [-0.15, -0.1) is 0 Å². The van der Waals surface area contributed by atoms with Crippen LogP contribution >= 0.6 is 0 Å². The largest absolute Gasteiger partial charge is 0.497 e. The summed E-state index contributed by atoms with van der Waals surface area (Å²) in [5.74, 6) is 1.11. The fourth-order valence-electron chi connectivity index (χ4n) is 3.25. The van der Waals surface area contributed by atoms with Gasteiger partial charge in [0.2, 0.25) is 5.91 Å². The van der Waals surface area contributed by atoms with Crippen LogP contribution in [0.15, 0.2) is 24.3 Å². The standard InChI is InChI=1S/C19H29NO3/c1-3-19(15-21)11-13-20(14-12-19)18(22)6-4-5-16-7-9-17(23-2)10-8-16/h7-10,21H,3-6,11-15H2,1-2H3. The summed E-state index contributed by atoms with van der Waals surface area (Å²) in [5.41, 5.74) is 1.28. The molecule has 128 valence electrons. The van der Waals surface area contributed by atoms with Crippen molar-refractivity contribution in [2.75, 3.05) is 26.8 Å². The Morgan fingerprint density at radius 2 is 1.91 bits per heavy atom. The number of carbonyl (C=O) groups is 1. The molecule has 1 saturated heterocycles. The van der Waals surface area contributed by atoms with Gasteiger partial charge in [0.25, 0.3) is 0 Å². The molecule has 0 atom stereocenters. The SMILES string of the molecule is CCC1(CO)CCN(C(=O)CCCc2ccc(OC)cc2)CC1. The normalized spacial score (nSPS) is 17.1. The summed E-state index contributed by atoms with van der Waals surface area (Å²) in [6.07, 6.45) is 5.22. The first-order valence-corrected chi connectivity index (χ1v) is 8.64. The molecule has 1 amide bonds. The zero-order chi connectivity index (χ0) is 16.7. The molecule has 1 heterocycles. The van der Waals surface area contributed by atoms with E-state index in [0.29, 0.717) is 6.42 Å². The van der Waals surface area contributed by atoms with Crippen molar-refractivity contribution in [3.63, 3.8) is 0 Å². The second kappa shape index (κ2) is 8.34. The quantitative estimate of drug-likeness (QED) is 0.840. The first-order valence-electron chi connectivity index (χ1n) is 8.64. The van der Waals surface area contributed by atoms with Gasteiger partial charge in [-0.1, -0.05) is 19.1 Å². The highest BCUT2D eigenvalue weighted by Gasteiger charge is 2.33. The van der Waals surface area contributed by atoms with Crippen LogP contribution in [0.1, 0.15) is 44.6 Å². The maximum Gasteiger partial charge on any atom is 0.222 e. The maximum absolute atomic E-state index is 12.3. The molecule has 0 radical (unpaired) electrons. The van der Waals surface area contributed by atoms with E-state index in [4.69, 9.17) is 4.74 Å². The molecule has 4 nitrogen and oxygen atoms in total. The Bertz CT molecular complexity index is 484. The first kappa shape index (κ1) is 17.8. The lowest BCUT2D eigenvalue weighted by Crippen LogP contribution is -2.44. The van der Waals surface area contributed by atoms with E-state index in [1.54, 1.807) is 7.11 Å². The number of hydrogen-bond acceptors (Lipinski definition) is 3. The molecule has 4 heteroatoms. The molecular formula is C19H29NO3. The van der Waals surface area contributed by atoms with Gasteiger partial charge in [-0.05, 0) is 55.2 Å². The van der Waals surface area contributed by atoms with Crippen LogP contribution in [0, 0.1) is 5.41 Å². The van der Waals surface area contributed by atoms with E-state index in [-0.39, 0.29) is 17.9 Å². The number of carbonyl (C=O) groups excluding carboxylic acids is 1. The van der Waals surface area contributed by atoms with E-state index in [2.05, 4.69) is 19.1 Å². The van der Waals surface area contributed by atoms with Gasteiger partial charge in [-0.25, -0.2) is 0 Å². The fraction of sp³-hybridized carbons (Fsp3) is 0.632. The van der Waals surface area contributed by atoms with Crippen molar-refractivity contribution in [1.29, 1.82) is 0 Å². The Morgan fingerprint density at radius 3 is 2.43 bits per heavy atom. The summed E-state index contributed by atoms with van der Waals surface area (Å²) >= 11 is 0. The number of rotatable bonds is 7. The molecule has 23 heavy (non-hydrogen) atoms. The predicted molar refractivity (Wildman–Crippen MR) is 91.6 cm³/mol. The highest BCUT2D eigenvalue weighted by Crippen LogP contribution is 2.34. The fourth-order valence-corrected chi connectivity index (χ4v) is 3.25. The lowest BCUT2D eigenvalue weighted by molar-refractivity contribution is -0.134. The summed E-state index contributed by atoms with van der Waals surface area (Å²) in [6.45, 7) is 3.94. The van der Waals surface area contributed by atoms with Gasteiger partial charge in [0.05, 0.1) is 7.11 Å². The van der Waals surface area contributed by atoms with Crippen LogP contribution in [0.2, 0.25) is 0 Å². The maximum atomic E-state index is 12.3. The highest BCUT2D eigenvalue weighted by molar-refractivity contribution is 5.76. The third-order valence-corrected chi connectivity index (χ3v) is 5.28. The highest BCUT2D eigenvalue weighted by atomic mass is 16.5. The van der Waals surface area contributed by atoms with E-state index in [1.165, 1.54) is 5.56 Å². The Balaban J connectivity index is 1.73. The minimum atomic E-state index is 0.0415. The van der Waals surface area contributed by atoms with Crippen LogP contribution < -0.4 is 4.74 Å². The zero-order valence-electron chi connectivity index (χ0n) is 14.4. The van der Waals surface area contributed by atoms with Crippen LogP contribution in [-0.2, 0) is 11.2 Å². The molecule has 1 N–H and O–H groups in total. The molecule has 0 bridgehead atoms. The lowest BCUT2D eigenvalue weighted by atomic mass is 9.77. The van der Waals surface area contributed by atoms with Crippen molar-refractivity contribution in [2.24, 2.45) is 5.41 Å². The number of amides is 1. The molecule has 0 saturated carbocycles. The molecule has 1 aliphatic heterocycles. The van der Waals surface area contributed by atoms with Gasteiger partial charge in [0.15, 0.2) is 0 Å². The lowest BCUT2D eigenvalue weighted by Gasteiger charge is -2.40. The third kappa shape index (κ3) is 4.71. The van der Waals surface area contributed by atoms with Crippen molar-refractivity contribution >= 4 is 5.91 Å². The number of ether oxygens (including phenoxy) is 1. The topological polar surface area (TPSA) is 49.8 Å². The molecule has 1 fully saturated rings. The molecule has 1 aromatic rings. The van der Waals surface area contributed by atoms with Crippen LogP contribution in [0.5, 0.6) is 5.75 Å². The number of hydrogen-bond donors (Lipinski definition) is 1. The molecule has 1 aromatic carbocycles. The van der Waals surface area contributed by atoms with E-state index >= 15 is 0 Å². The summed E-state index contributed by atoms with van der Waals surface area (Å²) < 4.78 is 5.15.